The van der Waals surface area contributed by atoms with Crippen molar-refractivity contribution in [2.24, 2.45) is 5.92 Å². The molecule has 0 heterocycles. The minimum Gasteiger partial charge on any atom is -0.165 e. The summed E-state index contributed by atoms with van der Waals surface area (Å²) in [5.74, 6) is 2.17. The molecule has 0 saturated heterocycles. The molecule has 50 valence electrons. The summed E-state index contributed by atoms with van der Waals surface area (Å²) >= 11 is 5.39. The zero-order valence-electron chi connectivity index (χ0n) is 5.48. The minimum absolute atomic E-state index is 0.880. The van der Waals surface area contributed by atoms with Crippen LogP contribution in [0.2, 0.25) is 0 Å². The van der Waals surface area contributed by atoms with Gasteiger partial charge in [0.15, 0.2) is 0 Å². The Bertz CT molecular complexity index is 43.8. The van der Waals surface area contributed by atoms with E-state index in [9.17, 15) is 0 Å². The van der Waals surface area contributed by atoms with Gasteiger partial charge in [-0.3, -0.25) is 0 Å². The van der Waals surface area contributed by atoms with Crippen molar-refractivity contribution in [2.45, 2.75) is 13.3 Å². The highest BCUT2D eigenvalue weighted by Crippen LogP contribution is 2.11. The van der Waals surface area contributed by atoms with Crippen LogP contribution in [-0.2, 0) is 0 Å². The Morgan fingerprint density at radius 3 is 2.38 bits per heavy atom. The van der Waals surface area contributed by atoms with Gasteiger partial charge in [-0.15, -0.1) is 0 Å². The molecule has 0 bridgehead atoms. The normalized spacial score (nSPS) is 13.9. The molecule has 0 aromatic heterocycles. The van der Waals surface area contributed by atoms with E-state index in [1.54, 1.807) is 0 Å². The van der Waals surface area contributed by atoms with Crippen molar-refractivity contribution in [3.8, 4) is 0 Å². The summed E-state index contributed by atoms with van der Waals surface area (Å²) in [5.41, 5.74) is 0. The Morgan fingerprint density at radius 2 is 2.25 bits per heavy atom. The van der Waals surface area contributed by atoms with Gasteiger partial charge < -0.3 is 0 Å². The van der Waals surface area contributed by atoms with E-state index in [0.717, 1.165) is 11.2 Å². The molecule has 1 unspecified atom stereocenters. The first-order valence-electron chi connectivity index (χ1n) is 2.90. The molecule has 0 radical (unpaired) electrons. The second kappa shape index (κ2) is 5.96. The summed E-state index contributed by atoms with van der Waals surface area (Å²) in [6.07, 6.45) is 3.46. The van der Waals surface area contributed by atoms with Crippen LogP contribution < -0.4 is 0 Å². The van der Waals surface area contributed by atoms with Crippen molar-refractivity contribution in [2.75, 3.05) is 17.3 Å². The van der Waals surface area contributed by atoms with E-state index in [1.807, 2.05) is 11.8 Å². The van der Waals surface area contributed by atoms with Crippen LogP contribution in [0.4, 0.5) is 0 Å². The standard InChI is InChI=1S/C6H13BrS/c1-3-6(4-7)5-8-2/h6H,3-5H2,1-2H3. The minimum atomic E-state index is 0.880. The van der Waals surface area contributed by atoms with Gasteiger partial charge in [-0.05, 0) is 17.9 Å². The Kier molecular flexibility index (Phi) is 6.58. The van der Waals surface area contributed by atoms with Crippen LogP contribution in [0.25, 0.3) is 0 Å². The van der Waals surface area contributed by atoms with Crippen LogP contribution >= 0.6 is 27.7 Å². The molecule has 0 aliphatic carbocycles. The molecular weight excluding hydrogens is 184 g/mol. The fourth-order valence-electron chi connectivity index (χ4n) is 0.507. The smallest absolute Gasteiger partial charge is 0.00674 e. The zero-order chi connectivity index (χ0) is 6.41. The number of rotatable bonds is 4. The third-order valence-corrected chi connectivity index (χ3v) is 2.92. The lowest BCUT2D eigenvalue weighted by Crippen LogP contribution is -2.02. The Balaban J connectivity index is 3.07. The third-order valence-electron chi connectivity index (χ3n) is 1.20. The first-order chi connectivity index (χ1) is 3.85. The van der Waals surface area contributed by atoms with E-state index in [2.05, 4.69) is 29.1 Å². The van der Waals surface area contributed by atoms with Gasteiger partial charge in [0, 0.05) is 5.33 Å². The first-order valence-corrected chi connectivity index (χ1v) is 5.41. The lowest BCUT2D eigenvalue weighted by molar-refractivity contribution is 0.653. The Labute approximate surface area is 64.6 Å². The molecule has 8 heavy (non-hydrogen) atoms. The molecule has 0 aliphatic rings. The molecule has 0 N–H and O–H groups in total. The largest absolute Gasteiger partial charge is 0.165 e. The molecule has 2 heteroatoms. The molecule has 0 aromatic carbocycles. The number of halogens is 1. The highest BCUT2D eigenvalue weighted by Gasteiger charge is 2.00. The number of thioether (sulfide) groups is 1. The molecule has 0 amide bonds. The second-order valence-electron chi connectivity index (χ2n) is 1.88. The van der Waals surface area contributed by atoms with Gasteiger partial charge in [-0.25, -0.2) is 0 Å². The number of hydrogen-bond acceptors (Lipinski definition) is 1. The van der Waals surface area contributed by atoms with Crippen LogP contribution in [0.15, 0.2) is 0 Å². The van der Waals surface area contributed by atoms with Gasteiger partial charge in [-0.2, -0.15) is 11.8 Å². The van der Waals surface area contributed by atoms with Crippen molar-refractivity contribution in [3.63, 3.8) is 0 Å². The summed E-state index contributed by atoms with van der Waals surface area (Å²) < 4.78 is 0. The summed E-state index contributed by atoms with van der Waals surface area (Å²) in [4.78, 5) is 0. The maximum atomic E-state index is 3.46. The van der Waals surface area contributed by atoms with Gasteiger partial charge in [0.05, 0.1) is 0 Å². The second-order valence-corrected chi connectivity index (χ2v) is 3.44. The lowest BCUT2D eigenvalue weighted by atomic mass is 10.2. The van der Waals surface area contributed by atoms with Gasteiger partial charge in [0.25, 0.3) is 0 Å². The summed E-state index contributed by atoms with van der Waals surface area (Å²) in [7, 11) is 0. The van der Waals surface area contributed by atoms with Crippen molar-refractivity contribution in [3.05, 3.63) is 0 Å². The molecule has 1 atom stereocenters. The van der Waals surface area contributed by atoms with Crippen molar-refractivity contribution >= 4 is 27.7 Å². The van der Waals surface area contributed by atoms with Crippen LogP contribution in [-0.4, -0.2) is 17.3 Å². The van der Waals surface area contributed by atoms with Gasteiger partial charge in [-0.1, -0.05) is 29.3 Å². The fourth-order valence-corrected chi connectivity index (χ4v) is 2.32. The topological polar surface area (TPSA) is 0 Å². The van der Waals surface area contributed by atoms with E-state index < -0.39 is 0 Å². The van der Waals surface area contributed by atoms with Gasteiger partial charge >= 0.3 is 0 Å². The predicted octanol–water partition coefficient (Wildman–Crippen LogP) is 2.77. The van der Waals surface area contributed by atoms with Crippen molar-refractivity contribution < 1.29 is 0 Å². The van der Waals surface area contributed by atoms with E-state index in [1.165, 1.54) is 12.2 Å². The average Bonchev–Trinajstić information content (AvgIpc) is 1.83. The van der Waals surface area contributed by atoms with Gasteiger partial charge in [0.2, 0.25) is 0 Å². The lowest BCUT2D eigenvalue weighted by Gasteiger charge is -2.06. The third kappa shape index (κ3) is 3.79. The zero-order valence-corrected chi connectivity index (χ0v) is 7.89. The predicted molar refractivity (Wildman–Crippen MR) is 46.0 cm³/mol. The fraction of sp³-hybridized carbons (Fsp3) is 1.00. The quantitative estimate of drug-likeness (QED) is 0.624. The molecule has 0 rings (SSSR count). The molecule has 0 nitrogen and oxygen atoms in total. The highest BCUT2D eigenvalue weighted by molar-refractivity contribution is 9.09. The SMILES string of the molecule is CCC(CBr)CSC. The maximum absolute atomic E-state index is 3.46. The number of alkyl halides is 1. The molecule has 0 aliphatic heterocycles. The molecule has 0 saturated carbocycles. The summed E-state index contributed by atoms with van der Waals surface area (Å²) in [5, 5.41) is 1.16. The monoisotopic (exact) mass is 196 g/mol. The summed E-state index contributed by atoms with van der Waals surface area (Å²) in [6.45, 7) is 2.24. The van der Waals surface area contributed by atoms with E-state index in [4.69, 9.17) is 0 Å². The molecule has 0 aromatic rings. The van der Waals surface area contributed by atoms with Gasteiger partial charge in [0.1, 0.15) is 0 Å². The maximum Gasteiger partial charge on any atom is 0.00674 e. The van der Waals surface area contributed by atoms with Crippen LogP contribution in [0.5, 0.6) is 0 Å². The first kappa shape index (κ1) is 8.83. The van der Waals surface area contributed by atoms with Crippen LogP contribution in [0.1, 0.15) is 13.3 Å². The highest BCUT2D eigenvalue weighted by atomic mass is 79.9. The number of hydrogen-bond donors (Lipinski definition) is 0. The van der Waals surface area contributed by atoms with E-state index in [-0.39, 0.29) is 0 Å². The van der Waals surface area contributed by atoms with Crippen molar-refractivity contribution in [1.82, 2.24) is 0 Å². The Morgan fingerprint density at radius 1 is 1.62 bits per heavy atom. The van der Waals surface area contributed by atoms with E-state index in [0.29, 0.717) is 0 Å². The summed E-state index contributed by atoms with van der Waals surface area (Å²) in [6, 6.07) is 0. The van der Waals surface area contributed by atoms with Crippen LogP contribution in [0, 0.1) is 5.92 Å². The molecule has 0 fully saturated rings. The Hall–Kier alpha value is 0.830. The van der Waals surface area contributed by atoms with Crippen molar-refractivity contribution in [1.29, 1.82) is 0 Å². The molecule has 0 spiro atoms. The van der Waals surface area contributed by atoms with Crippen LogP contribution in [0.3, 0.4) is 0 Å². The average molecular weight is 197 g/mol. The molecular formula is C6H13BrS. The van der Waals surface area contributed by atoms with E-state index >= 15 is 0 Å².